The predicted octanol–water partition coefficient (Wildman–Crippen LogP) is 3.47. The van der Waals surface area contributed by atoms with Crippen molar-refractivity contribution in [3.8, 4) is 0 Å². The maximum Gasteiger partial charge on any atom is 0.231 e. The Morgan fingerprint density at radius 3 is 2.53 bits per heavy atom. The minimum Gasteiger partial charge on any atom is -0.356 e. The number of rotatable bonds is 5. The average Bonchev–Trinajstić information content (AvgIpc) is 3.09. The van der Waals surface area contributed by atoms with Crippen LogP contribution in [0.1, 0.15) is 57.6 Å². The van der Waals surface area contributed by atoms with Crippen molar-refractivity contribution in [1.29, 1.82) is 0 Å². The Kier molecular flexibility index (Phi) is 6.70. The number of carbonyl (C=O) groups excluding carboxylic acids is 1. The zero-order valence-electron chi connectivity index (χ0n) is 20.3. The Balaban J connectivity index is 1.44. The van der Waals surface area contributed by atoms with E-state index in [-0.39, 0.29) is 17.4 Å². The van der Waals surface area contributed by atoms with Gasteiger partial charge in [0.15, 0.2) is 0 Å². The Labute approximate surface area is 193 Å². The first-order valence-corrected chi connectivity index (χ1v) is 12.2. The summed E-state index contributed by atoms with van der Waals surface area (Å²) in [5.74, 6) is 2.26. The molecule has 0 bridgehead atoms. The van der Waals surface area contributed by atoms with Gasteiger partial charge < -0.3 is 15.1 Å². The number of hydrogen-bond donors (Lipinski definition) is 1. The molecule has 4 rings (SSSR count). The molecular formula is C26H39N5O. The summed E-state index contributed by atoms with van der Waals surface area (Å²) in [6.45, 7) is 14.8. The van der Waals surface area contributed by atoms with Gasteiger partial charge in [-0.05, 0) is 38.2 Å². The van der Waals surface area contributed by atoms with Crippen molar-refractivity contribution in [3.05, 3.63) is 35.4 Å². The standard InChI is InChI=1S/C26H39N5O/c1-18(2)27-16-22(21-8-6-19(3)7-9-21)25(32)31-14-12-30(13-15-31)24-23-20(4)10-11-26(23,5)29-17-28-24/h6-9,17-18,20,22-23,27H,10-16H2,1-5H3/t20-,22?,23?,26?/m1/s1. The zero-order valence-corrected chi connectivity index (χ0v) is 20.3. The van der Waals surface area contributed by atoms with E-state index < -0.39 is 0 Å². The summed E-state index contributed by atoms with van der Waals surface area (Å²) in [7, 11) is 0. The van der Waals surface area contributed by atoms with Gasteiger partial charge in [-0.1, -0.05) is 50.6 Å². The number of amides is 1. The summed E-state index contributed by atoms with van der Waals surface area (Å²) in [4.78, 5) is 27.5. The van der Waals surface area contributed by atoms with Crippen LogP contribution < -0.4 is 5.32 Å². The second kappa shape index (κ2) is 9.34. The maximum absolute atomic E-state index is 13.6. The van der Waals surface area contributed by atoms with E-state index in [2.05, 4.69) is 74.0 Å². The molecule has 1 N–H and O–H groups in total. The molecule has 0 aromatic heterocycles. The van der Waals surface area contributed by atoms with Gasteiger partial charge in [-0.2, -0.15) is 0 Å². The number of fused-ring (bicyclic) bond motifs is 1. The molecule has 4 atom stereocenters. The van der Waals surface area contributed by atoms with Gasteiger partial charge >= 0.3 is 0 Å². The van der Waals surface area contributed by atoms with Gasteiger partial charge in [0.2, 0.25) is 5.91 Å². The highest BCUT2D eigenvalue weighted by Gasteiger charge is 2.48. The number of amidine groups is 1. The van der Waals surface area contributed by atoms with Crippen LogP contribution in [0.3, 0.4) is 0 Å². The lowest BCUT2D eigenvalue weighted by Crippen LogP contribution is -2.56. The highest BCUT2D eigenvalue weighted by Crippen LogP contribution is 2.45. The van der Waals surface area contributed by atoms with Crippen molar-refractivity contribution in [2.24, 2.45) is 21.8 Å². The van der Waals surface area contributed by atoms with E-state index in [0.29, 0.717) is 24.4 Å². The number of nitrogens with zero attached hydrogens (tertiary/aromatic N) is 4. The molecule has 0 spiro atoms. The van der Waals surface area contributed by atoms with Crippen molar-refractivity contribution in [2.45, 2.75) is 65.0 Å². The molecule has 174 valence electrons. The van der Waals surface area contributed by atoms with E-state index in [1.54, 1.807) is 6.34 Å². The summed E-state index contributed by atoms with van der Waals surface area (Å²) in [5, 5.41) is 3.48. The number of hydrogen-bond acceptors (Lipinski definition) is 5. The van der Waals surface area contributed by atoms with E-state index in [9.17, 15) is 4.79 Å². The molecule has 0 radical (unpaired) electrons. The van der Waals surface area contributed by atoms with Gasteiger partial charge in [0.05, 0.1) is 11.5 Å². The third-order valence-corrected chi connectivity index (χ3v) is 7.59. The molecule has 1 amide bonds. The lowest BCUT2D eigenvalue weighted by atomic mass is 9.83. The first kappa shape index (κ1) is 23.0. The monoisotopic (exact) mass is 437 g/mol. The minimum atomic E-state index is -0.151. The molecule has 1 aliphatic carbocycles. The van der Waals surface area contributed by atoms with Crippen LogP contribution in [0.15, 0.2) is 34.3 Å². The Morgan fingerprint density at radius 1 is 1.19 bits per heavy atom. The van der Waals surface area contributed by atoms with E-state index in [1.165, 1.54) is 17.8 Å². The molecule has 1 aromatic rings. The first-order valence-electron chi connectivity index (χ1n) is 12.2. The van der Waals surface area contributed by atoms with Crippen molar-refractivity contribution in [3.63, 3.8) is 0 Å². The third kappa shape index (κ3) is 4.61. The smallest absolute Gasteiger partial charge is 0.231 e. The topological polar surface area (TPSA) is 60.3 Å². The molecule has 2 fully saturated rings. The van der Waals surface area contributed by atoms with Crippen LogP contribution in [0.5, 0.6) is 0 Å². The molecule has 6 nitrogen and oxygen atoms in total. The normalized spacial score (nSPS) is 28.6. The number of carbonyl (C=O) groups is 1. The van der Waals surface area contributed by atoms with Gasteiger partial charge in [-0.25, -0.2) is 4.99 Å². The molecule has 3 aliphatic rings. The highest BCUT2D eigenvalue weighted by atomic mass is 16.2. The Morgan fingerprint density at radius 2 is 1.88 bits per heavy atom. The number of piperazine rings is 1. The predicted molar refractivity (Wildman–Crippen MR) is 131 cm³/mol. The molecule has 32 heavy (non-hydrogen) atoms. The van der Waals surface area contributed by atoms with Crippen molar-refractivity contribution >= 4 is 18.1 Å². The van der Waals surface area contributed by atoms with Gasteiger partial charge in [0.1, 0.15) is 12.2 Å². The fourth-order valence-electron chi connectivity index (χ4n) is 5.59. The largest absolute Gasteiger partial charge is 0.356 e. The van der Waals surface area contributed by atoms with Crippen LogP contribution in [0.4, 0.5) is 0 Å². The van der Waals surface area contributed by atoms with Crippen LogP contribution >= 0.6 is 0 Å². The number of nitrogens with one attached hydrogen (secondary N) is 1. The molecule has 6 heteroatoms. The first-order chi connectivity index (χ1) is 15.3. The third-order valence-electron chi connectivity index (χ3n) is 7.59. The van der Waals surface area contributed by atoms with Gasteiger partial charge in [-0.3, -0.25) is 9.79 Å². The highest BCUT2D eigenvalue weighted by molar-refractivity contribution is 5.94. The summed E-state index contributed by atoms with van der Waals surface area (Å²) >= 11 is 0. The summed E-state index contributed by atoms with van der Waals surface area (Å²) < 4.78 is 0. The van der Waals surface area contributed by atoms with Crippen LogP contribution in [-0.4, -0.2) is 72.2 Å². The molecule has 1 saturated heterocycles. The fourth-order valence-corrected chi connectivity index (χ4v) is 5.59. The Hall–Kier alpha value is -2.21. The van der Waals surface area contributed by atoms with Gasteiger partial charge in [0.25, 0.3) is 0 Å². The van der Waals surface area contributed by atoms with Crippen LogP contribution in [-0.2, 0) is 4.79 Å². The summed E-state index contributed by atoms with van der Waals surface area (Å²) in [5.41, 5.74) is 2.30. The number of aliphatic imine (C=N–C) groups is 2. The molecular weight excluding hydrogens is 398 g/mol. The molecule has 1 aromatic carbocycles. The lowest BCUT2D eigenvalue weighted by Gasteiger charge is -2.43. The second-order valence-corrected chi connectivity index (χ2v) is 10.4. The summed E-state index contributed by atoms with van der Waals surface area (Å²) in [6.07, 6.45) is 4.11. The van der Waals surface area contributed by atoms with Crippen LogP contribution in [0.2, 0.25) is 0 Å². The van der Waals surface area contributed by atoms with Crippen LogP contribution in [0.25, 0.3) is 0 Å². The van der Waals surface area contributed by atoms with Crippen LogP contribution in [0, 0.1) is 18.8 Å². The van der Waals surface area contributed by atoms with Crippen molar-refractivity contribution < 1.29 is 4.79 Å². The van der Waals surface area contributed by atoms with E-state index in [0.717, 1.165) is 38.2 Å². The Bertz CT molecular complexity index is 869. The zero-order chi connectivity index (χ0) is 22.9. The van der Waals surface area contributed by atoms with Crippen molar-refractivity contribution in [1.82, 2.24) is 15.1 Å². The maximum atomic E-state index is 13.6. The van der Waals surface area contributed by atoms with E-state index in [4.69, 9.17) is 9.98 Å². The second-order valence-electron chi connectivity index (χ2n) is 10.4. The SMILES string of the molecule is Cc1ccc(C(CNC(C)C)C(=O)N2CCN(C3=NC=NC4(C)CC[C@@H](C)C34)CC2)cc1. The molecule has 2 heterocycles. The van der Waals surface area contributed by atoms with Gasteiger partial charge in [0, 0.05) is 44.7 Å². The number of benzene rings is 1. The van der Waals surface area contributed by atoms with Crippen molar-refractivity contribution in [2.75, 3.05) is 32.7 Å². The molecule has 3 unspecified atom stereocenters. The molecule has 1 saturated carbocycles. The van der Waals surface area contributed by atoms with E-state index >= 15 is 0 Å². The lowest BCUT2D eigenvalue weighted by molar-refractivity contribution is -0.134. The number of aryl methyl sites for hydroxylation is 1. The fraction of sp³-hybridized carbons (Fsp3) is 0.654. The van der Waals surface area contributed by atoms with E-state index in [1.807, 2.05) is 0 Å². The minimum absolute atomic E-state index is 0.0114. The molecule has 2 aliphatic heterocycles. The average molecular weight is 438 g/mol. The summed E-state index contributed by atoms with van der Waals surface area (Å²) in [6, 6.07) is 8.77. The quantitative estimate of drug-likeness (QED) is 0.767. The van der Waals surface area contributed by atoms with Gasteiger partial charge in [-0.15, -0.1) is 0 Å².